The number of aryl methyl sites for hydroxylation is 2. The highest BCUT2D eigenvalue weighted by atomic mass is 35.5. The lowest BCUT2D eigenvalue weighted by molar-refractivity contribution is 0.0975. The molecule has 0 aliphatic heterocycles. The van der Waals surface area contributed by atoms with Crippen molar-refractivity contribution in [2.75, 3.05) is 4.90 Å². The molecular weight excluding hydrogens is 314 g/mol. The first kappa shape index (κ1) is 15.3. The predicted molar refractivity (Wildman–Crippen MR) is 88.5 cm³/mol. The molecule has 0 aliphatic rings. The van der Waals surface area contributed by atoms with E-state index in [0.29, 0.717) is 28.8 Å². The van der Waals surface area contributed by atoms with Gasteiger partial charge in [0.25, 0.3) is 5.91 Å². The van der Waals surface area contributed by atoms with E-state index in [1.165, 1.54) is 0 Å². The van der Waals surface area contributed by atoms with Crippen molar-refractivity contribution in [1.82, 2.24) is 19.7 Å². The lowest BCUT2D eigenvalue weighted by atomic mass is 10.2. The molecule has 3 aromatic rings. The molecule has 0 aliphatic carbocycles. The molecule has 0 saturated carbocycles. The smallest absolute Gasteiger partial charge is 0.276 e. The van der Waals surface area contributed by atoms with Crippen LogP contribution in [-0.2, 0) is 13.6 Å². The van der Waals surface area contributed by atoms with E-state index < -0.39 is 0 Å². The molecule has 1 N–H and O–H groups in total. The second kappa shape index (κ2) is 6.26. The Morgan fingerprint density at radius 1 is 1.35 bits per heavy atom. The lowest BCUT2D eigenvalue weighted by Crippen LogP contribution is -2.32. The quantitative estimate of drug-likeness (QED) is 0.800. The van der Waals surface area contributed by atoms with Gasteiger partial charge in [0, 0.05) is 25.6 Å². The number of nitrogens with one attached hydrogen (secondary N) is 1. The average molecular weight is 330 g/mol. The third kappa shape index (κ3) is 3.12. The maximum absolute atomic E-state index is 13.0. The Hall–Kier alpha value is -2.60. The van der Waals surface area contributed by atoms with Crippen molar-refractivity contribution in [1.29, 1.82) is 0 Å². The number of imidazole rings is 1. The van der Waals surface area contributed by atoms with Crippen molar-refractivity contribution in [3.05, 3.63) is 65.0 Å². The molecule has 0 radical (unpaired) electrons. The van der Waals surface area contributed by atoms with Gasteiger partial charge in [-0.1, -0.05) is 17.7 Å². The molecule has 0 bridgehead atoms. The van der Waals surface area contributed by atoms with E-state index in [0.717, 1.165) is 5.56 Å². The van der Waals surface area contributed by atoms with Crippen LogP contribution in [0.5, 0.6) is 0 Å². The molecule has 23 heavy (non-hydrogen) atoms. The molecular formula is C16H16ClN5O. The number of hydrogen-bond acceptors (Lipinski definition) is 3. The Kier molecular flexibility index (Phi) is 4.16. The second-order valence-electron chi connectivity index (χ2n) is 5.22. The van der Waals surface area contributed by atoms with Gasteiger partial charge in [-0.3, -0.25) is 14.4 Å². The number of rotatable bonds is 4. The zero-order chi connectivity index (χ0) is 16.4. The molecule has 1 amide bonds. The normalized spacial score (nSPS) is 10.7. The van der Waals surface area contributed by atoms with E-state index in [2.05, 4.69) is 15.1 Å². The highest BCUT2D eigenvalue weighted by Crippen LogP contribution is 2.29. The number of anilines is 1. The predicted octanol–water partition coefficient (Wildman–Crippen LogP) is 2.95. The van der Waals surface area contributed by atoms with Gasteiger partial charge in [0.15, 0.2) is 0 Å². The summed E-state index contributed by atoms with van der Waals surface area (Å²) in [6, 6.07) is 7.27. The number of carbonyl (C=O) groups is 1. The monoisotopic (exact) mass is 329 g/mol. The second-order valence-corrected chi connectivity index (χ2v) is 5.63. The highest BCUT2D eigenvalue weighted by molar-refractivity contribution is 6.34. The van der Waals surface area contributed by atoms with Crippen LogP contribution in [0, 0.1) is 6.92 Å². The van der Waals surface area contributed by atoms with Crippen LogP contribution in [0.1, 0.15) is 21.9 Å². The fraction of sp³-hybridized carbons (Fsp3) is 0.188. The SMILES string of the molecule is Cc1ccc(Cl)c(N(Cc2ncc[nH]2)C(=O)c2ccnn2C)c1. The molecule has 6 nitrogen and oxygen atoms in total. The van der Waals surface area contributed by atoms with Crippen molar-refractivity contribution in [2.45, 2.75) is 13.5 Å². The maximum atomic E-state index is 13.0. The van der Waals surface area contributed by atoms with Crippen molar-refractivity contribution in [3.63, 3.8) is 0 Å². The third-order valence-corrected chi connectivity index (χ3v) is 3.86. The van der Waals surface area contributed by atoms with Gasteiger partial charge in [-0.2, -0.15) is 5.10 Å². The first-order valence-electron chi connectivity index (χ1n) is 7.10. The molecule has 0 spiro atoms. The number of aromatic nitrogens is 4. The maximum Gasteiger partial charge on any atom is 0.276 e. The molecule has 0 atom stereocenters. The van der Waals surface area contributed by atoms with E-state index in [4.69, 9.17) is 11.6 Å². The van der Waals surface area contributed by atoms with Gasteiger partial charge >= 0.3 is 0 Å². The zero-order valence-corrected chi connectivity index (χ0v) is 13.6. The standard InChI is InChI=1S/C16H16ClN5O/c1-11-3-4-12(17)14(9-11)22(10-15-18-7-8-19-15)16(23)13-5-6-20-21(13)2/h3-9H,10H2,1-2H3,(H,18,19). The first-order chi connectivity index (χ1) is 11.1. The number of H-pyrrole nitrogens is 1. The van der Waals surface area contributed by atoms with Crippen LogP contribution in [0.15, 0.2) is 42.9 Å². The summed E-state index contributed by atoms with van der Waals surface area (Å²) in [6.45, 7) is 2.25. The number of hydrogen-bond donors (Lipinski definition) is 1. The third-order valence-electron chi connectivity index (χ3n) is 3.54. The average Bonchev–Trinajstić information content (AvgIpc) is 3.18. The van der Waals surface area contributed by atoms with Gasteiger partial charge in [0.2, 0.25) is 0 Å². The highest BCUT2D eigenvalue weighted by Gasteiger charge is 2.23. The van der Waals surface area contributed by atoms with Gasteiger partial charge in [0.05, 0.1) is 17.3 Å². The molecule has 2 aromatic heterocycles. The summed E-state index contributed by atoms with van der Waals surface area (Å²) < 4.78 is 1.54. The fourth-order valence-electron chi connectivity index (χ4n) is 2.35. The minimum Gasteiger partial charge on any atom is -0.347 e. The van der Waals surface area contributed by atoms with Crippen molar-refractivity contribution in [2.24, 2.45) is 7.05 Å². The molecule has 0 unspecified atom stereocenters. The van der Waals surface area contributed by atoms with Gasteiger partial charge in [-0.15, -0.1) is 0 Å². The molecule has 1 aromatic carbocycles. The molecule has 0 saturated heterocycles. The molecule has 3 rings (SSSR count). The zero-order valence-electron chi connectivity index (χ0n) is 12.8. The minimum absolute atomic E-state index is 0.186. The number of aromatic amines is 1. The van der Waals surface area contributed by atoms with Crippen LogP contribution in [0.4, 0.5) is 5.69 Å². The summed E-state index contributed by atoms with van der Waals surface area (Å²) in [4.78, 5) is 21.8. The van der Waals surface area contributed by atoms with E-state index in [9.17, 15) is 4.79 Å². The van der Waals surface area contributed by atoms with E-state index in [-0.39, 0.29) is 5.91 Å². The van der Waals surface area contributed by atoms with Crippen molar-refractivity contribution >= 4 is 23.2 Å². The summed E-state index contributed by atoms with van der Waals surface area (Å²) in [5, 5.41) is 4.58. The Bertz CT molecular complexity index is 825. The summed E-state index contributed by atoms with van der Waals surface area (Å²) >= 11 is 6.33. The summed E-state index contributed by atoms with van der Waals surface area (Å²) in [5.74, 6) is 0.493. The van der Waals surface area contributed by atoms with Crippen LogP contribution < -0.4 is 4.90 Å². The molecule has 7 heteroatoms. The number of benzene rings is 1. The Labute approximate surface area is 138 Å². The summed E-state index contributed by atoms with van der Waals surface area (Å²) in [5.41, 5.74) is 2.15. The minimum atomic E-state index is -0.186. The molecule has 2 heterocycles. The molecule has 118 valence electrons. The number of carbonyl (C=O) groups excluding carboxylic acids is 1. The lowest BCUT2D eigenvalue weighted by Gasteiger charge is -2.23. The van der Waals surface area contributed by atoms with Crippen LogP contribution in [0.25, 0.3) is 0 Å². The number of nitrogens with zero attached hydrogens (tertiary/aromatic N) is 4. The number of amides is 1. The van der Waals surface area contributed by atoms with Crippen LogP contribution in [0.3, 0.4) is 0 Å². The van der Waals surface area contributed by atoms with Crippen LogP contribution in [-0.4, -0.2) is 25.7 Å². The topological polar surface area (TPSA) is 66.8 Å². The summed E-state index contributed by atoms with van der Waals surface area (Å²) in [6.07, 6.45) is 4.97. The van der Waals surface area contributed by atoms with Crippen LogP contribution >= 0.6 is 11.6 Å². The van der Waals surface area contributed by atoms with E-state index in [1.54, 1.807) is 47.4 Å². The Balaban J connectivity index is 2.05. The van der Waals surface area contributed by atoms with Crippen molar-refractivity contribution in [3.8, 4) is 0 Å². The number of halogens is 1. The van der Waals surface area contributed by atoms with Gasteiger partial charge in [-0.05, 0) is 30.7 Å². The van der Waals surface area contributed by atoms with E-state index in [1.807, 2.05) is 19.1 Å². The Morgan fingerprint density at radius 2 is 2.17 bits per heavy atom. The van der Waals surface area contributed by atoms with E-state index >= 15 is 0 Å². The summed E-state index contributed by atoms with van der Waals surface area (Å²) in [7, 11) is 1.73. The largest absolute Gasteiger partial charge is 0.347 e. The fourth-order valence-corrected chi connectivity index (χ4v) is 2.57. The van der Waals surface area contributed by atoms with Crippen LogP contribution in [0.2, 0.25) is 5.02 Å². The Morgan fingerprint density at radius 3 is 2.83 bits per heavy atom. The van der Waals surface area contributed by atoms with Gasteiger partial charge in [-0.25, -0.2) is 4.98 Å². The van der Waals surface area contributed by atoms with Crippen molar-refractivity contribution < 1.29 is 4.79 Å². The van der Waals surface area contributed by atoms with Gasteiger partial charge < -0.3 is 4.98 Å². The molecule has 0 fully saturated rings. The van der Waals surface area contributed by atoms with Gasteiger partial charge in [0.1, 0.15) is 11.5 Å². The first-order valence-corrected chi connectivity index (χ1v) is 7.48.